The highest BCUT2D eigenvalue weighted by Crippen LogP contribution is 2.36. The van der Waals surface area contributed by atoms with Gasteiger partial charge >= 0.3 is 6.03 Å². The number of benzene rings is 2. The van der Waals surface area contributed by atoms with Crippen LogP contribution < -0.4 is 15.4 Å². The van der Waals surface area contributed by atoms with E-state index in [1.807, 2.05) is 0 Å². The fourth-order valence-electron chi connectivity index (χ4n) is 3.43. The van der Waals surface area contributed by atoms with Crippen LogP contribution in [0.3, 0.4) is 0 Å². The van der Waals surface area contributed by atoms with Crippen LogP contribution in [0.2, 0.25) is 0 Å². The van der Waals surface area contributed by atoms with Crippen LogP contribution in [0.4, 0.5) is 19.3 Å². The Labute approximate surface area is 218 Å². The van der Waals surface area contributed by atoms with Gasteiger partial charge in [-0.25, -0.2) is 18.6 Å². The fraction of sp³-hybridized carbons (Fsp3) is 0.120. The molecule has 2 heterocycles. The Morgan fingerprint density at radius 1 is 1.05 bits per heavy atom. The molecule has 0 saturated heterocycles. The number of hydrogen-bond acceptors (Lipinski definition) is 5. The van der Waals surface area contributed by atoms with Crippen molar-refractivity contribution < 1.29 is 27.9 Å². The Kier molecular flexibility index (Phi) is 7.42. The number of imide groups is 1. The number of nitrogens with zero attached hydrogens (tertiary/aromatic N) is 1. The third kappa shape index (κ3) is 6.22. The number of aromatic nitrogens is 2. The number of nitrogens with one attached hydrogen (secondary N) is 3. The van der Waals surface area contributed by atoms with Crippen molar-refractivity contribution in [1.82, 2.24) is 15.3 Å². The van der Waals surface area contributed by atoms with E-state index in [1.165, 1.54) is 61.8 Å². The van der Waals surface area contributed by atoms with Crippen LogP contribution in [-0.2, 0) is 11.2 Å². The van der Waals surface area contributed by atoms with Crippen LogP contribution in [0.1, 0.15) is 22.8 Å². The zero-order chi connectivity index (χ0) is 26.7. The SMILES string of the molecule is CC(Cl)(Cl)C(=O)c1c[nH]c2nccc(Oc3ccc(NC(=O)NC(=O)Cc4ccc(F)cc4)cc3F)c12. The number of alkyl halides is 2. The Morgan fingerprint density at radius 2 is 1.78 bits per heavy atom. The maximum Gasteiger partial charge on any atom is 0.325 e. The number of halogens is 4. The van der Waals surface area contributed by atoms with Gasteiger partial charge in [-0.1, -0.05) is 35.3 Å². The van der Waals surface area contributed by atoms with Gasteiger partial charge in [0, 0.05) is 24.1 Å². The summed E-state index contributed by atoms with van der Waals surface area (Å²) < 4.78 is 31.8. The monoisotopic (exact) mass is 546 g/mol. The molecule has 12 heteroatoms. The number of carbonyl (C=O) groups excluding carboxylic acids is 3. The smallest absolute Gasteiger partial charge is 0.325 e. The van der Waals surface area contributed by atoms with E-state index in [0.717, 1.165) is 6.07 Å². The summed E-state index contributed by atoms with van der Waals surface area (Å²) in [5, 5.41) is 4.73. The molecule has 0 aliphatic rings. The van der Waals surface area contributed by atoms with Gasteiger partial charge in [0.25, 0.3) is 0 Å². The average Bonchev–Trinajstić information content (AvgIpc) is 3.26. The second-order valence-electron chi connectivity index (χ2n) is 8.01. The first-order chi connectivity index (χ1) is 17.5. The van der Waals surface area contributed by atoms with Gasteiger partial charge in [0.2, 0.25) is 11.7 Å². The normalized spacial score (nSPS) is 11.3. The molecule has 0 unspecified atom stereocenters. The van der Waals surface area contributed by atoms with Crippen molar-refractivity contribution in [3.63, 3.8) is 0 Å². The number of ether oxygens (including phenoxy) is 1. The molecule has 0 aliphatic heterocycles. The number of rotatable bonds is 7. The molecular weight excluding hydrogens is 529 g/mol. The number of fused-ring (bicyclic) bond motifs is 1. The molecule has 2 aromatic carbocycles. The molecule has 4 rings (SSSR count). The highest BCUT2D eigenvalue weighted by molar-refractivity contribution is 6.60. The lowest BCUT2D eigenvalue weighted by Gasteiger charge is -2.13. The van der Waals surface area contributed by atoms with Gasteiger partial charge in [-0.05, 0) is 42.8 Å². The highest BCUT2D eigenvalue weighted by Gasteiger charge is 2.31. The molecule has 8 nitrogen and oxygen atoms in total. The van der Waals surface area contributed by atoms with Gasteiger partial charge in [0.1, 0.15) is 17.2 Å². The van der Waals surface area contributed by atoms with Gasteiger partial charge < -0.3 is 15.0 Å². The van der Waals surface area contributed by atoms with Crippen molar-refractivity contribution in [2.24, 2.45) is 0 Å². The molecule has 3 amide bonds. The first-order valence-corrected chi connectivity index (χ1v) is 11.5. The number of amides is 3. The number of H-pyrrole nitrogens is 1. The van der Waals surface area contributed by atoms with E-state index in [4.69, 9.17) is 27.9 Å². The van der Waals surface area contributed by atoms with E-state index in [9.17, 15) is 23.2 Å². The summed E-state index contributed by atoms with van der Waals surface area (Å²) >= 11 is 11.9. The molecule has 0 fully saturated rings. The number of urea groups is 1. The summed E-state index contributed by atoms with van der Waals surface area (Å²) in [4.78, 5) is 43.7. The zero-order valence-corrected chi connectivity index (χ0v) is 20.6. The van der Waals surface area contributed by atoms with Crippen molar-refractivity contribution in [3.05, 3.63) is 83.7 Å². The van der Waals surface area contributed by atoms with Crippen LogP contribution in [0.5, 0.6) is 11.5 Å². The van der Waals surface area contributed by atoms with Gasteiger partial charge in [-0.2, -0.15) is 0 Å². The summed E-state index contributed by atoms with van der Waals surface area (Å²) in [6.45, 7) is 1.33. The first-order valence-electron chi connectivity index (χ1n) is 10.7. The minimum absolute atomic E-state index is 0.0503. The Hall–Kier alpha value is -4.02. The van der Waals surface area contributed by atoms with Gasteiger partial charge in [-0.3, -0.25) is 14.9 Å². The molecular formula is C25H18Cl2F2N4O4. The Morgan fingerprint density at radius 3 is 2.46 bits per heavy atom. The van der Waals surface area contributed by atoms with Gasteiger partial charge in [0.15, 0.2) is 15.9 Å². The quantitative estimate of drug-likeness (QED) is 0.197. The van der Waals surface area contributed by atoms with Crippen LogP contribution in [0, 0.1) is 11.6 Å². The summed E-state index contributed by atoms with van der Waals surface area (Å²) in [6.07, 6.45) is 2.64. The van der Waals surface area contributed by atoms with Crippen molar-refractivity contribution in [3.8, 4) is 11.5 Å². The number of anilines is 1. The standard InChI is InChI=1S/C25H18Cl2F2N4O4/c1-25(26,27)22(35)16-12-31-23-21(16)19(8-9-30-23)37-18-7-6-15(11-17(18)29)32-24(36)33-20(34)10-13-2-4-14(28)5-3-13/h2-9,11-12H,10H2,1H3,(H,30,31)(H2,32,33,34,36). The molecule has 4 aromatic rings. The van der Waals surface area contributed by atoms with Crippen molar-refractivity contribution >= 4 is 57.6 Å². The van der Waals surface area contributed by atoms with E-state index < -0.39 is 33.7 Å². The first kappa shape index (κ1) is 26.1. The summed E-state index contributed by atoms with van der Waals surface area (Å²) in [6, 6.07) is 9.44. The molecule has 2 aromatic heterocycles. The van der Waals surface area contributed by atoms with E-state index in [1.54, 1.807) is 0 Å². The van der Waals surface area contributed by atoms with Crippen molar-refractivity contribution in [2.75, 3.05) is 5.32 Å². The minimum Gasteiger partial charge on any atom is -0.453 e. The number of hydrogen-bond donors (Lipinski definition) is 3. The Balaban J connectivity index is 1.46. The molecule has 0 spiro atoms. The molecule has 37 heavy (non-hydrogen) atoms. The lowest BCUT2D eigenvalue weighted by atomic mass is 10.1. The van der Waals surface area contributed by atoms with E-state index >= 15 is 0 Å². The molecule has 3 N–H and O–H groups in total. The van der Waals surface area contributed by atoms with E-state index in [2.05, 4.69) is 20.6 Å². The third-order valence-corrected chi connectivity index (χ3v) is 5.46. The predicted molar refractivity (Wildman–Crippen MR) is 134 cm³/mol. The topological polar surface area (TPSA) is 113 Å². The molecule has 0 bridgehead atoms. The molecule has 190 valence electrons. The number of aromatic amines is 1. The molecule has 0 radical (unpaired) electrons. The number of pyridine rings is 1. The van der Waals surface area contributed by atoms with Crippen LogP contribution in [0.15, 0.2) is 60.9 Å². The second kappa shape index (κ2) is 10.5. The predicted octanol–water partition coefficient (Wildman–Crippen LogP) is 5.90. The maximum absolute atomic E-state index is 14.8. The number of carbonyl (C=O) groups is 3. The summed E-state index contributed by atoms with van der Waals surface area (Å²) in [7, 11) is 0. The van der Waals surface area contributed by atoms with Crippen molar-refractivity contribution in [1.29, 1.82) is 0 Å². The lowest BCUT2D eigenvalue weighted by molar-refractivity contribution is -0.119. The highest BCUT2D eigenvalue weighted by atomic mass is 35.5. The number of ketones is 1. The lowest BCUT2D eigenvalue weighted by Crippen LogP contribution is -2.35. The number of Topliss-reactive ketones (excluding diaryl/α,β-unsaturated/α-hetero) is 1. The molecule has 0 aliphatic carbocycles. The second-order valence-corrected chi connectivity index (χ2v) is 9.71. The van der Waals surface area contributed by atoms with Crippen molar-refractivity contribution in [2.45, 2.75) is 17.7 Å². The van der Waals surface area contributed by atoms with Crippen LogP contribution in [-0.4, -0.2) is 32.0 Å². The minimum atomic E-state index is -1.71. The van der Waals surface area contributed by atoms with Crippen LogP contribution >= 0.6 is 23.2 Å². The van der Waals surface area contributed by atoms with E-state index in [-0.39, 0.29) is 34.6 Å². The summed E-state index contributed by atoms with van der Waals surface area (Å²) in [5.74, 6) is -2.59. The van der Waals surface area contributed by atoms with Crippen LogP contribution in [0.25, 0.3) is 11.0 Å². The van der Waals surface area contributed by atoms with Gasteiger partial charge in [0.05, 0.1) is 17.4 Å². The Bertz CT molecular complexity index is 1500. The van der Waals surface area contributed by atoms with E-state index in [0.29, 0.717) is 11.2 Å². The fourth-order valence-corrected chi connectivity index (χ4v) is 3.63. The largest absolute Gasteiger partial charge is 0.453 e. The molecule has 0 atom stereocenters. The summed E-state index contributed by atoms with van der Waals surface area (Å²) in [5.41, 5.74) is 0.984. The molecule has 0 saturated carbocycles. The third-order valence-electron chi connectivity index (χ3n) is 5.12. The van der Waals surface area contributed by atoms with Gasteiger partial charge in [-0.15, -0.1) is 0 Å². The average molecular weight is 547 g/mol. The maximum atomic E-state index is 14.8. The zero-order valence-electron chi connectivity index (χ0n) is 19.1.